The number of rotatable bonds is 7. The van der Waals surface area contributed by atoms with Crippen LogP contribution in [-0.2, 0) is 6.54 Å². The Hall–Kier alpha value is -2.99. The van der Waals surface area contributed by atoms with Gasteiger partial charge in [0, 0.05) is 29.4 Å². The molecule has 0 unspecified atom stereocenters. The van der Waals surface area contributed by atoms with Gasteiger partial charge in [-0.05, 0) is 30.7 Å². The molecule has 1 heterocycles. The molecule has 3 aromatic rings. The Balaban J connectivity index is 1.78. The van der Waals surface area contributed by atoms with E-state index >= 15 is 0 Å². The Morgan fingerprint density at radius 3 is 2.56 bits per heavy atom. The van der Waals surface area contributed by atoms with Crippen LogP contribution in [0.15, 0.2) is 48.5 Å². The molecule has 2 aromatic carbocycles. The van der Waals surface area contributed by atoms with Crippen molar-refractivity contribution in [2.75, 3.05) is 24.9 Å². The number of hydrogen-bond acceptors (Lipinski definition) is 6. The van der Waals surface area contributed by atoms with Crippen LogP contribution in [0.25, 0.3) is 0 Å². The van der Waals surface area contributed by atoms with Crippen molar-refractivity contribution in [3.63, 3.8) is 0 Å². The Kier molecular flexibility index (Phi) is 5.98. The van der Waals surface area contributed by atoms with Gasteiger partial charge in [-0.1, -0.05) is 29.8 Å². The van der Waals surface area contributed by atoms with Gasteiger partial charge in [0.1, 0.15) is 17.3 Å². The molecule has 6 nitrogen and oxygen atoms in total. The molecule has 0 aliphatic carbocycles. The highest BCUT2D eigenvalue weighted by Crippen LogP contribution is 2.31. The van der Waals surface area contributed by atoms with Crippen LogP contribution in [0.2, 0.25) is 5.02 Å². The first-order chi connectivity index (χ1) is 13.1. The summed E-state index contributed by atoms with van der Waals surface area (Å²) in [5, 5.41) is 7.19. The highest BCUT2D eigenvalue weighted by Gasteiger charge is 2.08. The molecule has 0 saturated carbocycles. The van der Waals surface area contributed by atoms with Crippen LogP contribution in [0.3, 0.4) is 0 Å². The van der Waals surface area contributed by atoms with E-state index in [1.807, 2.05) is 55.5 Å². The normalized spacial score (nSPS) is 10.4. The van der Waals surface area contributed by atoms with Crippen LogP contribution in [0.1, 0.15) is 11.3 Å². The fourth-order valence-corrected chi connectivity index (χ4v) is 2.77. The van der Waals surface area contributed by atoms with Crippen molar-refractivity contribution in [2.24, 2.45) is 0 Å². The Bertz CT molecular complexity index is 934. The zero-order valence-corrected chi connectivity index (χ0v) is 16.2. The Morgan fingerprint density at radius 1 is 1.00 bits per heavy atom. The third-order valence-electron chi connectivity index (χ3n) is 3.92. The molecule has 7 heteroatoms. The van der Waals surface area contributed by atoms with Gasteiger partial charge < -0.3 is 20.1 Å². The zero-order valence-electron chi connectivity index (χ0n) is 15.4. The topological polar surface area (TPSA) is 68.3 Å². The largest absolute Gasteiger partial charge is 0.497 e. The summed E-state index contributed by atoms with van der Waals surface area (Å²) in [4.78, 5) is 8.96. The van der Waals surface area contributed by atoms with E-state index in [1.54, 1.807) is 14.2 Å². The standard InChI is InChI=1S/C20H21ClN4O2/c1-13-10-19(24-17-9-8-15(26-2)11-18(17)27-3)25-20(23-13)22-12-14-6-4-5-7-16(14)21/h4-11H,12H2,1-3H3,(H2,22,23,24,25). The molecule has 0 bridgehead atoms. The fraction of sp³-hybridized carbons (Fsp3) is 0.200. The van der Waals surface area contributed by atoms with E-state index in [0.29, 0.717) is 29.1 Å². The Labute approximate surface area is 163 Å². The summed E-state index contributed by atoms with van der Waals surface area (Å²) in [5.41, 5.74) is 2.60. The third-order valence-corrected chi connectivity index (χ3v) is 4.29. The van der Waals surface area contributed by atoms with E-state index in [-0.39, 0.29) is 0 Å². The average molecular weight is 385 g/mol. The second kappa shape index (κ2) is 8.60. The number of benzene rings is 2. The van der Waals surface area contributed by atoms with E-state index in [1.165, 1.54) is 0 Å². The van der Waals surface area contributed by atoms with Gasteiger partial charge in [0.15, 0.2) is 0 Å². The fourth-order valence-electron chi connectivity index (χ4n) is 2.57. The zero-order chi connectivity index (χ0) is 19.2. The van der Waals surface area contributed by atoms with Crippen LogP contribution in [0, 0.1) is 6.92 Å². The van der Waals surface area contributed by atoms with E-state index in [9.17, 15) is 0 Å². The molecule has 0 spiro atoms. The molecule has 0 fully saturated rings. The van der Waals surface area contributed by atoms with Crippen LogP contribution in [-0.4, -0.2) is 24.2 Å². The minimum Gasteiger partial charge on any atom is -0.497 e. The quantitative estimate of drug-likeness (QED) is 0.609. The first kappa shape index (κ1) is 18.8. The number of nitrogens with one attached hydrogen (secondary N) is 2. The summed E-state index contributed by atoms with van der Waals surface area (Å²) >= 11 is 6.20. The summed E-state index contributed by atoms with van der Waals surface area (Å²) in [6.45, 7) is 2.45. The number of nitrogens with zero attached hydrogens (tertiary/aromatic N) is 2. The van der Waals surface area contributed by atoms with E-state index in [0.717, 1.165) is 22.7 Å². The monoisotopic (exact) mass is 384 g/mol. The van der Waals surface area contributed by atoms with Gasteiger partial charge in [-0.25, -0.2) is 4.98 Å². The van der Waals surface area contributed by atoms with Crippen molar-refractivity contribution < 1.29 is 9.47 Å². The van der Waals surface area contributed by atoms with Gasteiger partial charge >= 0.3 is 0 Å². The molecule has 0 saturated heterocycles. The molecule has 0 aliphatic rings. The predicted molar refractivity (Wildman–Crippen MR) is 108 cm³/mol. The van der Waals surface area contributed by atoms with Crippen LogP contribution >= 0.6 is 11.6 Å². The van der Waals surface area contributed by atoms with E-state index < -0.39 is 0 Å². The number of hydrogen-bond donors (Lipinski definition) is 2. The molecule has 0 radical (unpaired) electrons. The van der Waals surface area contributed by atoms with Crippen molar-refractivity contribution in [2.45, 2.75) is 13.5 Å². The van der Waals surface area contributed by atoms with Crippen LogP contribution in [0.4, 0.5) is 17.5 Å². The summed E-state index contributed by atoms with van der Waals surface area (Å²) in [6.07, 6.45) is 0. The Morgan fingerprint density at radius 2 is 1.81 bits per heavy atom. The van der Waals surface area contributed by atoms with Gasteiger partial charge in [0.2, 0.25) is 5.95 Å². The molecule has 2 N–H and O–H groups in total. The number of ether oxygens (including phenoxy) is 2. The molecule has 0 amide bonds. The highest BCUT2D eigenvalue weighted by molar-refractivity contribution is 6.31. The number of aryl methyl sites for hydroxylation is 1. The van der Waals surface area contributed by atoms with E-state index in [2.05, 4.69) is 20.6 Å². The second-order valence-corrected chi connectivity index (χ2v) is 6.26. The van der Waals surface area contributed by atoms with Gasteiger partial charge in [-0.15, -0.1) is 0 Å². The average Bonchev–Trinajstić information content (AvgIpc) is 2.67. The van der Waals surface area contributed by atoms with Crippen molar-refractivity contribution in [3.05, 3.63) is 64.8 Å². The van der Waals surface area contributed by atoms with Crippen LogP contribution in [0.5, 0.6) is 11.5 Å². The van der Waals surface area contributed by atoms with Gasteiger partial charge in [-0.3, -0.25) is 0 Å². The third kappa shape index (κ3) is 4.80. The SMILES string of the molecule is COc1ccc(Nc2cc(C)nc(NCc3ccccc3Cl)n2)c(OC)c1. The first-order valence-corrected chi connectivity index (χ1v) is 8.79. The van der Waals surface area contributed by atoms with Gasteiger partial charge in [0.05, 0.1) is 19.9 Å². The maximum Gasteiger partial charge on any atom is 0.225 e. The van der Waals surface area contributed by atoms with Crippen molar-refractivity contribution in [1.29, 1.82) is 0 Å². The lowest BCUT2D eigenvalue weighted by Crippen LogP contribution is -2.07. The minimum absolute atomic E-state index is 0.518. The van der Waals surface area contributed by atoms with Crippen molar-refractivity contribution in [1.82, 2.24) is 9.97 Å². The first-order valence-electron chi connectivity index (χ1n) is 8.41. The number of methoxy groups -OCH3 is 2. The minimum atomic E-state index is 0.518. The number of halogens is 1. The lowest BCUT2D eigenvalue weighted by Gasteiger charge is -2.13. The predicted octanol–water partition coefficient (Wildman–Crippen LogP) is 4.81. The highest BCUT2D eigenvalue weighted by atomic mass is 35.5. The molecule has 1 aromatic heterocycles. The lowest BCUT2D eigenvalue weighted by molar-refractivity contribution is 0.395. The maximum atomic E-state index is 6.20. The number of anilines is 3. The molecule has 0 atom stereocenters. The summed E-state index contributed by atoms with van der Waals surface area (Å²) in [7, 11) is 3.23. The summed E-state index contributed by atoms with van der Waals surface area (Å²) in [6, 6.07) is 15.1. The van der Waals surface area contributed by atoms with Crippen molar-refractivity contribution in [3.8, 4) is 11.5 Å². The van der Waals surface area contributed by atoms with E-state index in [4.69, 9.17) is 21.1 Å². The van der Waals surface area contributed by atoms with Crippen LogP contribution < -0.4 is 20.1 Å². The smallest absolute Gasteiger partial charge is 0.225 e. The lowest BCUT2D eigenvalue weighted by atomic mass is 10.2. The summed E-state index contributed by atoms with van der Waals surface area (Å²) in [5.74, 6) is 2.56. The van der Waals surface area contributed by atoms with Gasteiger partial charge in [-0.2, -0.15) is 4.98 Å². The molecule has 3 rings (SSSR count). The maximum absolute atomic E-state index is 6.20. The number of aromatic nitrogens is 2. The second-order valence-electron chi connectivity index (χ2n) is 5.85. The molecule has 140 valence electrons. The molecular weight excluding hydrogens is 364 g/mol. The molecule has 0 aliphatic heterocycles. The molecular formula is C20H21ClN4O2. The molecule has 27 heavy (non-hydrogen) atoms. The van der Waals surface area contributed by atoms with Gasteiger partial charge in [0.25, 0.3) is 0 Å². The van der Waals surface area contributed by atoms with Crippen molar-refractivity contribution >= 4 is 29.1 Å². The summed E-state index contributed by atoms with van der Waals surface area (Å²) < 4.78 is 10.7.